The van der Waals surface area contributed by atoms with Crippen molar-refractivity contribution in [3.63, 3.8) is 0 Å². The average Bonchev–Trinajstić information content (AvgIpc) is 3.76. The summed E-state index contributed by atoms with van der Waals surface area (Å²) in [6.45, 7) is 8.08. The van der Waals surface area contributed by atoms with E-state index in [2.05, 4.69) is 42.7 Å². The first-order valence-corrected chi connectivity index (χ1v) is 17.4. The van der Waals surface area contributed by atoms with Crippen LogP contribution in [0.5, 0.6) is 0 Å². The Morgan fingerprint density at radius 1 is 0.816 bits per heavy atom. The van der Waals surface area contributed by atoms with Gasteiger partial charge in [0.1, 0.15) is 0 Å². The first-order chi connectivity index (χ1) is 23.9. The largest absolute Gasteiger partial charge is 0.392 e. The van der Waals surface area contributed by atoms with Crippen LogP contribution in [0.1, 0.15) is 88.0 Å². The minimum absolute atomic E-state index is 0.0000895. The highest BCUT2D eigenvalue weighted by atomic mass is 16.7. The molecule has 49 heavy (non-hydrogen) atoms. The van der Waals surface area contributed by atoms with Crippen LogP contribution in [0, 0.1) is 5.92 Å². The predicted octanol–water partition coefficient (Wildman–Crippen LogP) is 7.86. The van der Waals surface area contributed by atoms with Crippen LogP contribution in [0.3, 0.4) is 0 Å². The first kappa shape index (κ1) is 33.1. The van der Waals surface area contributed by atoms with E-state index in [1.807, 2.05) is 54.6 Å². The highest BCUT2D eigenvalue weighted by Crippen LogP contribution is 2.43. The van der Waals surface area contributed by atoms with Gasteiger partial charge in [0.05, 0.1) is 36.5 Å². The van der Waals surface area contributed by atoms with Crippen molar-refractivity contribution < 1.29 is 24.2 Å². The molecule has 3 aliphatic rings. The number of aliphatic hydroxyl groups is 1. The monoisotopic (exact) mass is 656 g/mol. The number of fused-ring (bicyclic) bond motifs is 1. The number of carbonyl (C=O) groups excluding carboxylic acids is 2. The highest BCUT2D eigenvalue weighted by Gasteiger charge is 2.40. The van der Waals surface area contributed by atoms with Crippen molar-refractivity contribution in [1.29, 1.82) is 0 Å². The maximum Gasteiger partial charge on any atom is 0.261 e. The van der Waals surface area contributed by atoms with Gasteiger partial charge in [0.15, 0.2) is 6.29 Å². The van der Waals surface area contributed by atoms with Crippen LogP contribution in [0.25, 0.3) is 11.1 Å². The lowest BCUT2D eigenvalue weighted by molar-refractivity contribution is -0.276. The molecule has 1 saturated carbocycles. The highest BCUT2D eigenvalue weighted by molar-refractivity contribution is 6.21. The Morgan fingerprint density at radius 2 is 1.49 bits per heavy atom. The lowest BCUT2D eigenvalue weighted by Crippen LogP contribution is -2.47. The lowest BCUT2D eigenvalue weighted by atomic mass is 9.89. The molecular weight excluding hydrogens is 612 g/mol. The Balaban J connectivity index is 1.15. The van der Waals surface area contributed by atoms with Crippen LogP contribution in [-0.4, -0.2) is 52.0 Å². The van der Waals surface area contributed by atoms with Crippen molar-refractivity contribution in [2.75, 3.05) is 13.1 Å². The van der Waals surface area contributed by atoms with Gasteiger partial charge in [-0.25, -0.2) is 0 Å². The number of amides is 2. The van der Waals surface area contributed by atoms with Crippen LogP contribution in [0.4, 0.5) is 0 Å². The maximum atomic E-state index is 13.0. The molecule has 0 spiro atoms. The fourth-order valence-corrected chi connectivity index (χ4v) is 7.65. The van der Waals surface area contributed by atoms with Gasteiger partial charge < -0.3 is 14.6 Å². The molecule has 4 atom stereocenters. The van der Waals surface area contributed by atoms with Crippen LogP contribution >= 0.6 is 0 Å². The molecule has 0 aromatic heterocycles. The predicted molar refractivity (Wildman–Crippen MR) is 190 cm³/mol. The molecule has 252 valence electrons. The summed E-state index contributed by atoms with van der Waals surface area (Å²) in [5.74, 6) is -0.431. The quantitative estimate of drug-likeness (QED) is 0.131. The zero-order valence-corrected chi connectivity index (χ0v) is 28.0. The molecule has 2 fully saturated rings. The van der Waals surface area contributed by atoms with Crippen LogP contribution in [0.15, 0.2) is 110 Å². The Kier molecular flexibility index (Phi) is 9.87. The van der Waals surface area contributed by atoms with Crippen LogP contribution < -0.4 is 0 Å². The van der Waals surface area contributed by atoms with Gasteiger partial charge in [-0.15, -0.1) is 6.58 Å². The van der Waals surface area contributed by atoms with E-state index in [1.54, 1.807) is 24.3 Å². The van der Waals surface area contributed by atoms with Crippen LogP contribution in [0.2, 0.25) is 0 Å². The van der Waals surface area contributed by atoms with Crippen molar-refractivity contribution >= 4 is 11.8 Å². The van der Waals surface area contributed by atoms with Crippen molar-refractivity contribution in [3.8, 4) is 11.1 Å². The van der Waals surface area contributed by atoms with Crippen LogP contribution in [-0.2, 0) is 22.6 Å². The third-order valence-electron chi connectivity index (χ3n) is 10.4. The van der Waals surface area contributed by atoms with E-state index in [0.29, 0.717) is 17.2 Å². The van der Waals surface area contributed by atoms with Crippen molar-refractivity contribution in [1.82, 2.24) is 9.80 Å². The molecule has 4 aromatic carbocycles. The summed E-state index contributed by atoms with van der Waals surface area (Å²) in [5, 5.41) is 9.65. The van der Waals surface area contributed by atoms with E-state index in [1.165, 1.54) is 30.6 Å². The topological polar surface area (TPSA) is 79.3 Å². The minimum atomic E-state index is -0.584. The summed E-state index contributed by atoms with van der Waals surface area (Å²) in [5.41, 5.74) is 6.61. The minimum Gasteiger partial charge on any atom is -0.392 e. The molecule has 0 radical (unpaired) electrons. The summed E-state index contributed by atoms with van der Waals surface area (Å²) >= 11 is 0. The second-order valence-corrected chi connectivity index (χ2v) is 13.6. The van der Waals surface area contributed by atoms with E-state index in [4.69, 9.17) is 9.47 Å². The lowest BCUT2D eigenvalue weighted by Gasteiger charge is -2.43. The SMILES string of the molecule is C=CCN(C[C@@H]1O[C@H](c2cccc(-c3cccc(CN4C(=O)c5ccccc5C4=O)c3)c2)O[C@H](c2ccc(CO)cc2)[C@@H]1C)C1CCCC1. The number of rotatable bonds is 11. The normalized spacial score (nSPS) is 22.6. The Bertz CT molecular complexity index is 1780. The molecule has 1 N–H and O–H groups in total. The number of nitrogens with zero attached hydrogens (tertiary/aromatic N) is 2. The number of carbonyl (C=O) groups is 2. The van der Waals surface area contributed by atoms with Gasteiger partial charge in [0, 0.05) is 30.6 Å². The van der Waals surface area contributed by atoms with E-state index in [0.717, 1.165) is 46.5 Å². The molecule has 7 heteroatoms. The average molecular weight is 657 g/mol. The number of benzene rings is 4. The standard InChI is InChI=1S/C42H44N2O5/c1-3-22-43(35-14-4-5-15-35)26-38-28(2)39(31-20-18-29(27-45)19-21-31)49-42(48-38)34-13-9-12-33(24-34)32-11-8-10-30(23-32)25-44-40(46)36-16-6-7-17-37(36)41(44)47/h3,6-13,16-21,23-24,28,35,38-39,42,45H,1,4-5,14-15,22,25-27H2,2H3/t28-,38+,39+,42+/m1/s1. The molecule has 2 amide bonds. The Hall–Kier alpha value is -4.40. The van der Waals surface area contributed by atoms with Gasteiger partial charge in [0.2, 0.25) is 0 Å². The zero-order chi connectivity index (χ0) is 33.9. The zero-order valence-electron chi connectivity index (χ0n) is 28.0. The smallest absolute Gasteiger partial charge is 0.261 e. The number of hydrogen-bond acceptors (Lipinski definition) is 6. The van der Waals surface area contributed by atoms with Gasteiger partial charge in [-0.2, -0.15) is 0 Å². The molecule has 0 unspecified atom stereocenters. The number of imide groups is 1. The summed E-state index contributed by atoms with van der Waals surface area (Å²) < 4.78 is 13.6. The third kappa shape index (κ3) is 6.90. The summed E-state index contributed by atoms with van der Waals surface area (Å²) in [4.78, 5) is 29.9. The summed E-state index contributed by atoms with van der Waals surface area (Å²) in [6, 6.07) is 31.8. The Labute approximate surface area is 288 Å². The second kappa shape index (κ2) is 14.6. The molecule has 2 aliphatic heterocycles. The van der Waals surface area contributed by atoms with E-state index < -0.39 is 6.29 Å². The number of aliphatic hydroxyl groups excluding tert-OH is 1. The molecule has 2 heterocycles. The fourth-order valence-electron chi connectivity index (χ4n) is 7.65. The van der Waals surface area contributed by atoms with E-state index in [-0.39, 0.29) is 43.1 Å². The molecule has 0 bridgehead atoms. The molecule has 4 aromatic rings. The van der Waals surface area contributed by atoms with Gasteiger partial charge in [-0.1, -0.05) is 98.6 Å². The van der Waals surface area contributed by atoms with Crippen molar-refractivity contribution in [2.45, 2.75) is 70.3 Å². The van der Waals surface area contributed by atoms with E-state index >= 15 is 0 Å². The van der Waals surface area contributed by atoms with E-state index in [9.17, 15) is 14.7 Å². The number of hydrogen-bond donors (Lipinski definition) is 1. The molecular formula is C42H44N2O5. The third-order valence-corrected chi connectivity index (χ3v) is 10.4. The second-order valence-electron chi connectivity index (χ2n) is 13.6. The molecule has 7 nitrogen and oxygen atoms in total. The maximum absolute atomic E-state index is 13.0. The molecule has 7 rings (SSSR count). The summed E-state index contributed by atoms with van der Waals surface area (Å²) in [6.07, 6.45) is 6.07. The van der Waals surface area contributed by atoms with Gasteiger partial charge >= 0.3 is 0 Å². The Morgan fingerprint density at radius 3 is 2.16 bits per heavy atom. The summed E-state index contributed by atoms with van der Waals surface area (Å²) in [7, 11) is 0. The van der Waals surface area contributed by atoms with Gasteiger partial charge in [0.25, 0.3) is 11.8 Å². The van der Waals surface area contributed by atoms with Crippen molar-refractivity contribution in [3.05, 3.63) is 143 Å². The van der Waals surface area contributed by atoms with Gasteiger partial charge in [-0.3, -0.25) is 19.4 Å². The number of ether oxygens (including phenoxy) is 2. The first-order valence-electron chi connectivity index (χ1n) is 17.4. The van der Waals surface area contributed by atoms with Crippen molar-refractivity contribution in [2.24, 2.45) is 5.92 Å². The molecule has 1 aliphatic carbocycles. The molecule has 1 saturated heterocycles. The fraction of sp³-hybridized carbons (Fsp3) is 0.333. The van der Waals surface area contributed by atoms with Gasteiger partial charge in [-0.05, 0) is 64.9 Å².